The van der Waals surface area contributed by atoms with E-state index in [0.717, 1.165) is 12.8 Å². The average molecular weight is 335 g/mol. The molecule has 0 rings (SSSR count). The van der Waals surface area contributed by atoms with Gasteiger partial charge in [0.2, 0.25) is 0 Å². The van der Waals surface area contributed by atoms with Crippen molar-refractivity contribution in [2.45, 2.75) is 117 Å². The Labute approximate surface area is 152 Å². The van der Waals surface area contributed by atoms with E-state index in [1.54, 1.807) is 12.2 Å². The van der Waals surface area contributed by atoms with Crippen LogP contribution in [0.15, 0.2) is 24.3 Å². The van der Waals surface area contributed by atoms with Gasteiger partial charge in [-0.1, -0.05) is 103 Å². The lowest BCUT2D eigenvalue weighted by Gasteiger charge is -1.99. The monoisotopic (exact) mass is 334 g/mol. The fraction of sp³-hybridized carbons (Fsp3) is 0.783. The second-order valence-corrected chi connectivity index (χ2v) is 7.03. The van der Waals surface area contributed by atoms with Crippen LogP contribution in [0.3, 0.4) is 0 Å². The first kappa shape index (κ1) is 23.1. The van der Waals surface area contributed by atoms with Gasteiger partial charge >= 0.3 is 0 Å². The zero-order valence-corrected chi connectivity index (χ0v) is 16.5. The maximum atomic E-state index is 11.7. The highest BCUT2D eigenvalue weighted by molar-refractivity contribution is 5.99. The van der Waals surface area contributed by atoms with E-state index in [1.807, 2.05) is 12.2 Å². The predicted octanol–water partition coefficient (Wildman–Crippen LogP) is 7.95. The number of carbonyl (C=O) groups excluding carboxylic acids is 1. The van der Waals surface area contributed by atoms with Gasteiger partial charge in [-0.3, -0.25) is 4.79 Å². The smallest absolute Gasteiger partial charge is 0.177 e. The molecule has 0 spiro atoms. The Hall–Kier alpha value is -0.850. The summed E-state index contributed by atoms with van der Waals surface area (Å²) in [5.74, 6) is 0.154. The van der Waals surface area contributed by atoms with Gasteiger partial charge in [-0.25, -0.2) is 0 Å². The van der Waals surface area contributed by atoms with Crippen molar-refractivity contribution in [2.24, 2.45) is 0 Å². The first-order valence-electron chi connectivity index (χ1n) is 10.7. The maximum Gasteiger partial charge on any atom is 0.177 e. The van der Waals surface area contributed by atoms with Crippen molar-refractivity contribution < 1.29 is 4.79 Å². The zero-order chi connectivity index (χ0) is 17.7. The van der Waals surface area contributed by atoms with Crippen LogP contribution in [-0.4, -0.2) is 5.78 Å². The molecule has 0 unspecified atom stereocenters. The molecule has 0 radical (unpaired) electrons. The summed E-state index contributed by atoms with van der Waals surface area (Å²) in [6.45, 7) is 4.51. The molecule has 0 fully saturated rings. The summed E-state index contributed by atoms with van der Waals surface area (Å²) < 4.78 is 0. The number of allylic oxidation sites excluding steroid dienone is 4. The predicted molar refractivity (Wildman–Crippen MR) is 109 cm³/mol. The van der Waals surface area contributed by atoms with Gasteiger partial charge in [-0.15, -0.1) is 0 Å². The summed E-state index contributed by atoms with van der Waals surface area (Å²) in [6.07, 6.45) is 28.3. The summed E-state index contributed by atoms with van der Waals surface area (Å²) in [6, 6.07) is 0. The van der Waals surface area contributed by atoms with E-state index in [2.05, 4.69) is 13.8 Å². The third-order valence-corrected chi connectivity index (χ3v) is 4.51. The Bertz CT molecular complexity index is 284. The lowest BCUT2D eigenvalue weighted by Crippen LogP contribution is -1.85. The van der Waals surface area contributed by atoms with E-state index in [0.29, 0.717) is 0 Å². The highest BCUT2D eigenvalue weighted by Crippen LogP contribution is 2.09. The van der Waals surface area contributed by atoms with Crippen LogP contribution in [0.25, 0.3) is 0 Å². The maximum absolute atomic E-state index is 11.7. The number of unbranched alkanes of at least 4 members (excludes halogenated alkanes) is 14. The van der Waals surface area contributed by atoms with Gasteiger partial charge < -0.3 is 0 Å². The second-order valence-electron chi connectivity index (χ2n) is 7.03. The van der Waals surface area contributed by atoms with Gasteiger partial charge in [-0.2, -0.15) is 0 Å². The van der Waals surface area contributed by atoms with Crippen LogP contribution in [-0.2, 0) is 4.79 Å². The molecule has 0 heterocycles. The molecule has 0 aliphatic heterocycles. The Morgan fingerprint density at radius 3 is 1.25 bits per heavy atom. The van der Waals surface area contributed by atoms with Gasteiger partial charge in [0, 0.05) is 0 Å². The van der Waals surface area contributed by atoms with Crippen molar-refractivity contribution in [3.8, 4) is 0 Å². The molecule has 0 aromatic heterocycles. The van der Waals surface area contributed by atoms with Gasteiger partial charge in [0.05, 0.1) is 0 Å². The fourth-order valence-electron chi connectivity index (χ4n) is 2.89. The number of carbonyl (C=O) groups is 1. The quantitative estimate of drug-likeness (QED) is 0.183. The number of rotatable bonds is 18. The van der Waals surface area contributed by atoms with Gasteiger partial charge in [0.25, 0.3) is 0 Å². The van der Waals surface area contributed by atoms with Crippen molar-refractivity contribution in [3.63, 3.8) is 0 Å². The van der Waals surface area contributed by atoms with E-state index in [-0.39, 0.29) is 5.78 Å². The Morgan fingerprint density at radius 1 is 0.542 bits per heavy atom. The molecule has 0 atom stereocenters. The molecule has 0 bridgehead atoms. The zero-order valence-electron chi connectivity index (χ0n) is 16.5. The van der Waals surface area contributed by atoms with Crippen molar-refractivity contribution in [1.82, 2.24) is 0 Å². The van der Waals surface area contributed by atoms with Gasteiger partial charge in [0.15, 0.2) is 5.78 Å². The molecule has 1 nitrogen and oxygen atoms in total. The summed E-state index contributed by atoms with van der Waals surface area (Å²) in [5, 5.41) is 0. The highest BCUT2D eigenvalue weighted by Gasteiger charge is 1.92. The minimum atomic E-state index is 0.154. The summed E-state index contributed by atoms with van der Waals surface area (Å²) >= 11 is 0. The van der Waals surface area contributed by atoms with Crippen LogP contribution in [0.2, 0.25) is 0 Å². The van der Waals surface area contributed by atoms with Gasteiger partial charge in [0.1, 0.15) is 0 Å². The van der Waals surface area contributed by atoms with Crippen molar-refractivity contribution in [3.05, 3.63) is 24.3 Å². The minimum absolute atomic E-state index is 0.154. The molecule has 24 heavy (non-hydrogen) atoms. The van der Waals surface area contributed by atoms with E-state index in [1.165, 1.54) is 89.9 Å². The molecule has 0 saturated heterocycles. The van der Waals surface area contributed by atoms with Gasteiger partial charge in [-0.05, 0) is 37.8 Å². The highest BCUT2D eigenvalue weighted by atomic mass is 16.1. The average Bonchev–Trinajstić information content (AvgIpc) is 2.59. The Kier molecular flexibility index (Phi) is 19.5. The fourth-order valence-corrected chi connectivity index (χ4v) is 2.89. The molecular weight excluding hydrogens is 292 g/mol. The van der Waals surface area contributed by atoms with E-state index in [9.17, 15) is 4.79 Å². The third kappa shape index (κ3) is 19.2. The summed E-state index contributed by atoms with van der Waals surface area (Å²) in [5.41, 5.74) is 0. The van der Waals surface area contributed by atoms with Crippen LogP contribution >= 0.6 is 0 Å². The topological polar surface area (TPSA) is 17.1 Å². The Morgan fingerprint density at radius 2 is 0.875 bits per heavy atom. The molecule has 0 saturated carbocycles. The van der Waals surface area contributed by atoms with E-state index in [4.69, 9.17) is 0 Å². The van der Waals surface area contributed by atoms with Crippen LogP contribution in [0.1, 0.15) is 117 Å². The Balaban J connectivity index is 3.37. The molecular formula is C23H42O. The van der Waals surface area contributed by atoms with Crippen LogP contribution < -0.4 is 0 Å². The minimum Gasteiger partial charge on any atom is -0.290 e. The van der Waals surface area contributed by atoms with Crippen molar-refractivity contribution >= 4 is 5.78 Å². The second kappa shape index (κ2) is 20.2. The molecule has 0 aliphatic carbocycles. The third-order valence-electron chi connectivity index (χ3n) is 4.51. The molecule has 1 heteroatoms. The van der Waals surface area contributed by atoms with Crippen LogP contribution in [0.4, 0.5) is 0 Å². The lowest BCUT2D eigenvalue weighted by atomic mass is 10.1. The largest absolute Gasteiger partial charge is 0.290 e. The van der Waals surface area contributed by atoms with E-state index < -0.39 is 0 Å². The lowest BCUT2D eigenvalue weighted by molar-refractivity contribution is -0.110. The summed E-state index contributed by atoms with van der Waals surface area (Å²) in [7, 11) is 0. The molecule has 140 valence electrons. The van der Waals surface area contributed by atoms with Crippen molar-refractivity contribution in [2.75, 3.05) is 0 Å². The SMILES string of the molecule is CCCCCCCCCC=CC(=O)C=CCCCCCCCCC. The molecule has 0 N–H and O–H groups in total. The molecule has 0 amide bonds. The summed E-state index contributed by atoms with van der Waals surface area (Å²) in [4.78, 5) is 11.7. The standard InChI is InChI=1S/C23H42O/c1-3-5-7-9-11-13-15-17-19-21-23(24)22-20-18-16-14-12-10-8-6-4-2/h19-22H,3-18H2,1-2H3. The molecule has 0 aromatic carbocycles. The van der Waals surface area contributed by atoms with Crippen LogP contribution in [0.5, 0.6) is 0 Å². The first-order valence-corrected chi connectivity index (χ1v) is 10.7. The number of hydrogen-bond acceptors (Lipinski definition) is 1. The first-order chi connectivity index (χ1) is 11.8. The molecule has 0 aromatic rings. The van der Waals surface area contributed by atoms with Crippen LogP contribution in [0, 0.1) is 0 Å². The molecule has 0 aliphatic rings. The normalized spacial score (nSPS) is 11.8. The number of ketones is 1. The van der Waals surface area contributed by atoms with Crippen molar-refractivity contribution in [1.29, 1.82) is 0 Å². The number of hydrogen-bond donors (Lipinski definition) is 0. The van der Waals surface area contributed by atoms with E-state index >= 15 is 0 Å².